The maximum atomic E-state index is 3.35. The van der Waals surface area contributed by atoms with Crippen molar-refractivity contribution in [3.63, 3.8) is 0 Å². The summed E-state index contributed by atoms with van der Waals surface area (Å²) in [5, 5.41) is 2.03. The van der Waals surface area contributed by atoms with E-state index in [1.54, 1.807) is 11.3 Å². The molecule has 0 amide bonds. The van der Waals surface area contributed by atoms with Crippen LogP contribution in [0, 0.1) is 0 Å². The monoisotopic (exact) mass is 257 g/mol. The van der Waals surface area contributed by atoms with Crippen molar-refractivity contribution >= 4 is 27.3 Å². The van der Waals surface area contributed by atoms with Gasteiger partial charge in [0, 0.05) is 15.9 Å². The molecule has 0 N–H and O–H groups in total. The number of nitrogens with zero attached hydrogens (tertiary/aromatic N) is 1. The number of halogens is 2. The van der Waals surface area contributed by atoms with Gasteiger partial charge in [-0.15, -0.1) is 0 Å². The highest BCUT2D eigenvalue weighted by Gasteiger charge is 1.98. The van der Waals surface area contributed by atoms with Crippen LogP contribution in [-0.4, -0.2) is 0 Å². The van der Waals surface area contributed by atoms with E-state index in [1.165, 1.54) is 0 Å². The maximum Gasteiger partial charge on any atom is 0.304 e. The van der Waals surface area contributed by atoms with Crippen molar-refractivity contribution in [1.29, 1.82) is 0 Å². The van der Waals surface area contributed by atoms with Gasteiger partial charge in [-0.25, -0.2) is 0 Å². The zero-order valence-electron chi connectivity index (χ0n) is 4.27. The molecule has 0 aliphatic rings. The lowest BCUT2D eigenvalue weighted by atomic mass is 10.9. The molecule has 0 fully saturated rings. The van der Waals surface area contributed by atoms with E-state index in [9.17, 15) is 0 Å². The zero-order valence-corrected chi connectivity index (χ0v) is 8.25. The molecule has 0 atom stereocenters. The third kappa shape index (κ3) is 1.84. The molecular weight excluding hydrogens is 254 g/mol. The third-order valence-corrected chi connectivity index (χ3v) is 2.59. The Labute approximate surface area is 71.2 Å². The lowest BCUT2D eigenvalue weighted by Gasteiger charge is -1.71. The quantitative estimate of drug-likeness (QED) is 0.491. The van der Waals surface area contributed by atoms with Gasteiger partial charge in [-0.2, -0.15) is 4.57 Å². The fourth-order valence-corrected chi connectivity index (χ4v) is 1.34. The van der Waals surface area contributed by atoms with Crippen LogP contribution in [0.3, 0.4) is 0 Å². The van der Waals surface area contributed by atoms with Gasteiger partial charge in [0.25, 0.3) is 0 Å². The minimum absolute atomic E-state index is 0. The van der Waals surface area contributed by atoms with E-state index in [-0.39, 0.29) is 17.0 Å². The largest absolute Gasteiger partial charge is 1.00 e. The SMILES string of the molecule is C[n+]1ccsc1Br.[Br-]. The lowest BCUT2D eigenvalue weighted by molar-refractivity contribution is -0.677. The van der Waals surface area contributed by atoms with Crippen LogP contribution in [0.25, 0.3) is 0 Å². The molecule has 46 valence electrons. The Morgan fingerprint density at radius 3 is 2.50 bits per heavy atom. The molecule has 4 heteroatoms. The Balaban J connectivity index is 0.000000490. The standard InChI is InChI=1S/C4H5BrNS.BrH/c1-6-2-3-7-4(6)5;/h2-3H,1H3;1H/q+1;/p-1. The smallest absolute Gasteiger partial charge is 0.304 e. The van der Waals surface area contributed by atoms with Crippen LogP contribution < -0.4 is 21.5 Å². The Hall–Kier alpha value is 0.590. The second-order valence-corrected chi connectivity index (χ2v) is 3.44. The van der Waals surface area contributed by atoms with Crippen LogP contribution in [0.4, 0.5) is 0 Å². The van der Waals surface area contributed by atoms with E-state index >= 15 is 0 Å². The highest BCUT2D eigenvalue weighted by Crippen LogP contribution is 2.07. The third-order valence-electron chi connectivity index (χ3n) is 0.727. The first-order chi connectivity index (χ1) is 3.30. The molecule has 0 spiro atoms. The van der Waals surface area contributed by atoms with Crippen molar-refractivity contribution in [3.8, 4) is 0 Å². The molecule has 0 saturated carbocycles. The van der Waals surface area contributed by atoms with Crippen molar-refractivity contribution in [2.45, 2.75) is 0 Å². The Morgan fingerprint density at radius 2 is 2.38 bits per heavy atom. The lowest BCUT2D eigenvalue weighted by Crippen LogP contribution is -3.00. The second kappa shape index (κ2) is 3.58. The first-order valence-corrected chi connectivity index (χ1v) is 3.56. The van der Waals surface area contributed by atoms with Gasteiger partial charge in [0.15, 0.2) is 6.20 Å². The van der Waals surface area contributed by atoms with Gasteiger partial charge in [-0.1, -0.05) is 11.3 Å². The zero-order chi connectivity index (χ0) is 5.28. The average molecular weight is 259 g/mol. The summed E-state index contributed by atoms with van der Waals surface area (Å²) in [6.45, 7) is 0. The molecule has 1 aromatic heterocycles. The van der Waals surface area contributed by atoms with Crippen LogP contribution in [0.1, 0.15) is 0 Å². The van der Waals surface area contributed by atoms with Crippen LogP contribution in [0.15, 0.2) is 15.5 Å². The molecule has 0 aliphatic heterocycles. The van der Waals surface area contributed by atoms with Crippen LogP contribution in [0.5, 0.6) is 0 Å². The van der Waals surface area contributed by atoms with Crippen molar-refractivity contribution in [2.24, 2.45) is 7.05 Å². The molecule has 0 saturated heterocycles. The van der Waals surface area contributed by atoms with E-state index in [4.69, 9.17) is 0 Å². The van der Waals surface area contributed by atoms with Crippen LogP contribution >= 0.6 is 27.3 Å². The van der Waals surface area contributed by atoms with E-state index in [2.05, 4.69) is 15.9 Å². The van der Waals surface area contributed by atoms with E-state index in [1.807, 2.05) is 23.2 Å². The normalized spacial score (nSPS) is 8.25. The van der Waals surface area contributed by atoms with Gasteiger partial charge in [0.05, 0.1) is 5.38 Å². The van der Waals surface area contributed by atoms with Crippen molar-refractivity contribution in [2.75, 3.05) is 0 Å². The number of rotatable bonds is 0. The predicted octanol–water partition coefficient (Wildman–Crippen LogP) is -1.66. The summed E-state index contributed by atoms with van der Waals surface area (Å²) in [5.41, 5.74) is 0. The molecule has 0 aliphatic carbocycles. The first kappa shape index (κ1) is 8.59. The summed E-state index contributed by atoms with van der Waals surface area (Å²) in [5.74, 6) is 0. The first-order valence-electron chi connectivity index (χ1n) is 1.89. The Bertz CT molecular complexity index is 146. The molecule has 0 radical (unpaired) electrons. The van der Waals surface area contributed by atoms with Crippen molar-refractivity contribution < 1.29 is 21.5 Å². The topological polar surface area (TPSA) is 3.88 Å². The Morgan fingerprint density at radius 1 is 1.75 bits per heavy atom. The molecular formula is C4H5Br2NS. The van der Waals surface area contributed by atoms with Gasteiger partial charge in [0.2, 0.25) is 0 Å². The molecule has 0 bridgehead atoms. The van der Waals surface area contributed by atoms with Gasteiger partial charge >= 0.3 is 3.92 Å². The summed E-state index contributed by atoms with van der Waals surface area (Å²) in [4.78, 5) is 0. The summed E-state index contributed by atoms with van der Waals surface area (Å²) in [7, 11) is 2.00. The minimum atomic E-state index is 0. The minimum Gasteiger partial charge on any atom is -1.00 e. The van der Waals surface area contributed by atoms with Gasteiger partial charge in [-0.05, 0) is 0 Å². The second-order valence-electron chi connectivity index (χ2n) is 1.27. The van der Waals surface area contributed by atoms with Gasteiger partial charge in [0.1, 0.15) is 7.05 Å². The molecule has 8 heavy (non-hydrogen) atoms. The van der Waals surface area contributed by atoms with Gasteiger partial charge < -0.3 is 17.0 Å². The fourth-order valence-electron chi connectivity index (χ4n) is 0.320. The summed E-state index contributed by atoms with van der Waals surface area (Å²) < 4.78 is 3.18. The highest BCUT2D eigenvalue weighted by molar-refractivity contribution is 9.11. The number of hydrogen-bond donors (Lipinski definition) is 0. The molecule has 0 unspecified atom stereocenters. The maximum absolute atomic E-state index is 3.35. The summed E-state index contributed by atoms with van der Waals surface area (Å²) >= 11 is 5.03. The molecule has 1 rings (SSSR count). The van der Waals surface area contributed by atoms with Crippen LogP contribution in [0.2, 0.25) is 0 Å². The van der Waals surface area contributed by atoms with E-state index < -0.39 is 0 Å². The number of aryl methyl sites for hydroxylation is 1. The number of aromatic nitrogens is 1. The molecule has 1 heterocycles. The Kier molecular flexibility index (Phi) is 3.85. The van der Waals surface area contributed by atoms with Crippen molar-refractivity contribution in [3.05, 3.63) is 15.5 Å². The molecule has 0 aromatic carbocycles. The predicted molar refractivity (Wildman–Crippen MR) is 33.2 cm³/mol. The summed E-state index contributed by atoms with van der Waals surface area (Å²) in [6, 6.07) is 0. The van der Waals surface area contributed by atoms with E-state index in [0.29, 0.717) is 0 Å². The molecule has 1 aromatic rings. The molecule has 1 nitrogen and oxygen atoms in total. The fraction of sp³-hybridized carbons (Fsp3) is 0.250. The van der Waals surface area contributed by atoms with Crippen molar-refractivity contribution in [1.82, 2.24) is 0 Å². The number of hydrogen-bond acceptors (Lipinski definition) is 1. The average Bonchev–Trinajstić information content (AvgIpc) is 1.91. The number of thiazole rings is 1. The summed E-state index contributed by atoms with van der Waals surface area (Å²) in [6.07, 6.45) is 2.01. The highest BCUT2D eigenvalue weighted by atomic mass is 79.9. The van der Waals surface area contributed by atoms with Gasteiger partial charge in [-0.3, -0.25) is 0 Å². The van der Waals surface area contributed by atoms with Crippen LogP contribution in [-0.2, 0) is 7.05 Å². The van der Waals surface area contributed by atoms with E-state index in [0.717, 1.165) is 3.92 Å².